The Morgan fingerprint density at radius 3 is 2.66 bits per heavy atom. The Morgan fingerprint density at radius 1 is 1.03 bits per heavy atom. The summed E-state index contributed by atoms with van der Waals surface area (Å²) in [6.45, 7) is 4.52. The Bertz CT molecular complexity index is 1050. The molecule has 0 aliphatic heterocycles. The van der Waals surface area contributed by atoms with Gasteiger partial charge in [-0.15, -0.1) is 0 Å². The first-order valence-electron chi connectivity index (χ1n) is 9.36. The SMILES string of the molecule is Cc1ccc(NC(=O)CNc2cccc(OCc3cccc(C#N)c3)c2)c(C)c1. The second-order valence-corrected chi connectivity index (χ2v) is 6.85. The van der Waals surface area contributed by atoms with Crippen molar-refractivity contribution in [3.05, 3.63) is 89.0 Å². The van der Waals surface area contributed by atoms with E-state index in [2.05, 4.69) is 16.7 Å². The minimum Gasteiger partial charge on any atom is -0.489 e. The molecule has 0 aromatic heterocycles. The first-order chi connectivity index (χ1) is 14.0. The van der Waals surface area contributed by atoms with Gasteiger partial charge in [-0.2, -0.15) is 5.26 Å². The fourth-order valence-corrected chi connectivity index (χ4v) is 2.92. The van der Waals surface area contributed by atoms with Crippen molar-refractivity contribution in [2.45, 2.75) is 20.5 Å². The number of hydrogen-bond acceptors (Lipinski definition) is 4. The average molecular weight is 385 g/mol. The zero-order chi connectivity index (χ0) is 20.6. The zero-order valence-corrected chi connectivity index (χ0v) is 16.5. The Balaban J connectivity index is 1.54. The van der Waals surface area contributed by atoms with Crippen molar-refractivity contribution in [3.63, 3.8) is 0 Å². The molecule has 0 aliphatic rings. The number of hydrogen-bond donors (Lipinski definition) is 2. The van der Waals surface area contributed by atoms with E-state index in [1.165, 1.54) is 0 Å². The largest absolute Gasteiger partial charge is 0.489 e. The normalized spacial score (nSPS) is 10.1. The minimum absolute atomic E-state index is 0.114. The van der Waals surface area contributed by atoms with Crippen LogP contribution in [0.4, 0.5) is 11.4 Å². The van der Waals surface area contributed by atoms with Crippen molar-refractivity contribution in [3.8, 4) is 11.8 Å². The van der Waals surface area contributed by atoms with Crippen LogP contribution in [0.25, 0.3) is 0 Å². The van der Waals surface area contributed by atoms with Crippen LogP contribution < -0.4 is 15.4 Å². The van der Waals surface area contributed by atoms with Crippen LogP contribution in [0.2, 0.25) is 0 Å². The molecule has 0 unspecified atom stereocenters. The second kappa shape index (κ2) is 9.43. The number of nitrogens with one attached hydrogen (secondary N) is 2. The van der Waals surface area contributed by atoms with E-state index in [1.807, 2.05) is 68.4 Å². The summed E-state index contributed by atoms with van der Waals surface area (Å²) >= 11 is 0. The molecule has 0 atom stereocenters. The first-order valence-corrected chi connectivity index (χ1v) is 9.36. The van der Waals surface area contributed by atoms with Crippen molar-refractivity contribution in [2.24, 2.45) is 0 Å². The number of rotatable bonds is 7. The molecular formula is C24H23N3O2. The molecule has 1 amide bonds. The van der Waals surface area contributed by atoms with E-state index in [-0.39, 0.29) is 12.5 Å². The molecule has 3 aromatic rings. The van der Waals surface area contributed by atoms with Crippen molar-refractivity contribution < 1.29 is 9.53 Å². The van der Waals surface area contributed by atoms with Crippen LogP contribution in [-0.4, -0.2) is 12.5 Å². The number of aryl methyl sites for hydroxylation is 2. The molecule has 0 saturated heterocycles. The Morgan fingerprint density at radius 2 is 1.86 bits per heavy atom. The molecule has 0 saturated carbocycles. The van der Waals surface area contributed by atoms with E-state index in [1.54, 1.807) is 12.1 Å². The van der Waals surface area contributed by atoms with Crippen LogP contribution in [0.5, 0.6) is 5.75 Å². The van der Waals surface area contributed by atoms with E-state index in [0.717, 1.165) is 28.1 Å². The highest BCUT2D eigenvalue weighted by molar-refractivity contribution is 5.94. The Kier molecular flexibility index (Phi) is 6.49. The summed E-state index contributed by atoms with van der Waals surface area (Å²) < 4.78 is 5.81. The molecule has 5 nitrogen and oxygen atoms in total. The number of amides is 1. The van der Waals surface area contributed by atoms with Crippen LogP contribution in [0.3, 0.4) is 0 Å². The number of carbonyl (C=O) groups is 1. The predicted molar refractivity (Wildman–Crippen MR) is 115 cm³/mol. The van der Waals surface area contributed by atoms with Gasteiger partial charge in [0.15, 0.2) is 0 Å². The maximum Gasteiger partial charge on any atom is 0.243 e. The Hall–Kier alpha value is -3.78. The van der Waals surface area contributed by atoms with Crippen molar-refractivity contribution >= 4 is 17.3 Å². The fourth-order valence-electron chi connectivity index (χ4n) is 2.92. The number of nitriles is 1. The van der Waals surface area contributed by atoms with Crippen molar-refractivity contribution in [1.82, 2.24) is 0 Å². The van der Waals surface area contributed by atoms with Gasteiger partial charge in [-0.25, -0.2) is 0 Å². The lowest BCUT2D eigenvalue weighted by atomic mass is 10.1. The van der Waals surface area contributed by atoms with Gasteiger partial charge >= 0.3 is 0 Å². The Labute approximate surface area is 171 Å². The highest BCUT2D eigenvalue weighted by Gasteiger charge is 2.06. The maximum atomic E-state index is 12.2. The summed E-state index contributed by atoms with van der Waals surface area (Å²) in [6.07, 6.45) is 0. The predicted octanol–water partition coefficient (Wildman–Crippen LogP) is 4.80. The molecule has 0 aliphatic carbocycles. The molecule has 29 heavy (non-hydrogen) atoms. The number of anilines is 2. The van der Waals surface area contributed by atoms with Gasteiger partial charge in [0, 0.05) is 17.4 Å². The molecule has 0 spiro atoms. The van der Waals surface area contributed by atoms with E-state index in [9.17, 15) is 4.79 Å². The third-order valence-electron chi connectivity index (χ3n) is 4.40. The van der Waals surface area contributed by atoms with Gasteiger partial charge in [0.2, 0.25) is 5.91 Å². The molecule has 0 fully saturated rings. The summed E-state index contributed by atoms with van der Waals surface area (Å²) in [5.41, 5.74) is 5.35. The van der Waals surface area contributed by atoms with Crippen LogP contribution >= 0.6 is 0 Å². The van der Waals surface area contributed by atoms with E-state index < -0.39 is 0 Å². The summed E-state index contributed by atoms with van der Waals surface area (Å²) in [4.78, 5) is 12.2. The van der Waals surface area contributed by atoms with Crippen LogP contribution in [0, 0.1) is 25.2 Å². The highest BCUT2D eigenvalue weighted by Crippen LogP contribution is 2.19. The molecular weight excluding hydrogens is 362 g/mol. The molecule has 0 bridgehead atoms. The summed E-state index contributed by atoms with van der Waals surface area (Å²) in [7, 11) is 0. The number of carbonyl (C=O) groups excluding carboxylic acids is 1. The van der Waals surface area contributed by atoms with Gasteiger partial charge in [0.1, 0.15) is 12.4 Å². The molecule has 3 rings (SSSR count). The minimum atomic E-state index is -0.114. The van der Waals surface area contributed by atoms with Gasteiger partial charge in [0.05, 0.1) is 18.2 Å². The number of ether oxygens (including phenoxy) is 1. The standard InChI is InChI=1S/C24H23N3O2/c1-17-9-10-23(18(2)11-17)27-24(28)15-26-21-7-4-8-22(13-21)29-16-20-6-3-5-19(12-20)14-25/h3-13,26H,15-16H2,1-2H3,(H,27,28). The average Bonchev–Trinajstić information content (AvgIpc) is 2.73. The molecule has 3 aromatic carbocycles. The maximum absolute atomic E-state index is 12.2. The molecule has 2 N–H and O–H groups in total. The lowest BCUT2D eigenvalue weighted by molar-refractivity contribution is -0.114. The van der Waals surface area contributed by atoms with Gasteiger partial charge in [-0.3, -0.25) is 4.79 Å². The topological polar surface area (TPSA) is 74.2 Å². The smallest absolute Gasteiger partial charge is 0.243 e. The highest BCUT2D eigenvalue weighted by atomic mass is 16.5. The quantitative estimate of drug-likeness (QED) is 0.612. The summed E-state index contributed by atoms with van der Waals surface area (Å²) in [5.74, 6) is 0.573. The van der Waals surface area contributed by atoms with E-state index in [4.69, 9.17) is 10.00 Å². The number of nitrogens with zero attached hydrogens (tertiary/aromatic N) is 1. The van der Waals surface area contributed by atoms with Crippen molar-refractivity contribution in [2.75, 3.05) is 17.2 Å². The summed E-state index contributed by atoms with van der Waals surface area (Å²) in [5, 5.41) is 15.0. The van der Waals surface area contributed by atoms with Gasteiger partial charge in [-0.1, -0.05) is 35.9 Å². The fraction of sp³-hybridized carbons (Fsp3) is 0.167. The first kappa shape index (κ1) is 20.0. The van der Waals surface area contributed by atoms with Crippen molar-refractivity contribution in [1.29, 1.82) is 5.26 Å². The summed E-state index contributed by atoms with van der Waals surface area (Å²) in [6, 6.07) is 22.8. The zero-order valence-electron chi connectivity index (χ0n) is 16.5. The second-order valence-electron chi connectivity index (χ2n) is 6.85. The molecule has 5 heteroatoms. The third kappa shape index (κ3) is 5.85. The molecule has 146 valence electrons. The van der Waals surface area contributed by atoms with Crippen LogP contribution in [0.15, 0.2) is 66.7 Å². The van der Waals surface area contributed by atoms with E-state index in [0.29, 0.717) is 17.9 Å². The lowest BCUT2D eigenvalue weighted by Crippen LogP contribution is -2.22. The lowest BCUT2D eigenvalue weighted by Gasteiger charge is -2.12. The van der Waals surface area contributed by atoms with Crippen LogP contribution in [-0.2, 0) is 11.4 Å². The van der Waals surface area contributed by atoms with Gasteiger partial charge < -0.3 is 15.4 Å². The molecule has 0 heterocycles. The third-order valence-corrected chi connectivity index (χ3v) is 4.40. The molecule has 0 radical (unpaired) electrons. The monoisotopic (exact) mass is 385 g/mol. The van der Waals surface area contributed by atoms with Gasteiger partial charge in [-0.05, 0) is 55.3 Å². The van der Waals surface area contributed by atoms with Crippen LogP contribution in [0.1, 0.15) is 22.3 Å². The van der Waals surface area contributed by atoms with Gasteiger partial charge in [0.25, 0.3) is 0 Å². The van der Waals surface area contributed by atoms with E-state index >= 15 is 0 Å². The number of benzene rings is 3.